The molecule has 1 aromatic carbocycles. The molecule has 2 heterocycles. The number of nitrogens with zero attached hydrogens (tertiary/aromatic N) is 3. The van der Waals surface area contributed by atoms with Gasteiger partial charge in [-0.1, -0.05) is 24.3 Å². The smallest absolute Gasteiger partial charge is 0.310 e. The van der Waals surface area contributed by atoms with E-state index in [0.29, 0.717) is 23.4 Å². The minimum Gasteiger partial charge on any atom is -0.479 e. The van der Waals surface area contributed by atoms with Crippen LogP contribution in [-0.2, 0) is 16.2 Å². The van der Waals surface area contributed by atoms with Crippen LogP contribution < -0.4 is 4.74 Å². The lowest BCUT2D eigenvalue weighted by Gasteiger charge is -2.37. The quantitative estimate of drug-likeness (QED) is 0.227. The van der Waals surface area contributed by atoms with Crippen LogP contribution in [0.5, 0.6) is 5.75 Å². The normalized spacial score (nSPS) is 31.8. The number of ether oxygens (including phenoxy) is 1. The highest BCUT2D eigenvalue weighted by atomic mass is 16.6. The summed E-state index contributed by atoms with van der Waals surface area (Å²) in [4.78, 5) is 36.4. The number of carbonyl (C=O) groups is 2. The van der Waals surface area contributed by atoms with E-state index in [2.05, 4.69) is 17.3 Å². The molecule has 9 nitrogen and oxygen atoms in total. The lowest BCUT2D eigenvalue weighted by molar-refractivity contribution is -0.386. The minimum absolute atomic E-state index is 0.0117. The second-order valence-electron chi connectivity index (χ2n) is 8.71. The Labute approximate surface area is 182 Å². The van der Waals surface area contributed by atoms with E-state index in [1.165, 1.54) is 18.3 Å². The van der Waals surface area contributed by atoms with Gasteiger partial charge in [0.2, 0.25) is 0 Å². The highest BCUT2D eigenvalue weighted by Gasteiger charge is 2.67. The predicted octanol–water partition coefficient (Wildman–Crippen LogP) is 3.15. The highest BCUT2D eigenvalue weighted by molar-refractivity contribution is 6.06. The molecular weight excluding hydrogens is 414 g/mol. The molecule has 2 bridgehead atoms. The molecule has 4 aliphatic carbocycles. The molecule has 32 heavy (non-hydrogen) atoms. The molecule has 3 fully saturated rings. The monoisotopic (exact) mass is 433 g/mol. The van der Waals surface area contributed by atoms with Crippen molar-refractivity contribution < 1.29 is 23.7 Å². The molecule has 2 aromatic rings. The zero-order valence-corrected chi connectivity index (χ0v) is 16.9. The third kappa shape index (κ3) is 2.80. The lowest BCUT2D eigenvalue weighted by atomic mass is 9.63. The van der Waals surface area contributed by atoms with Crippen LogP contribution in [0.25, 0.3) is 0 Å². The molecule has 1 saturated heterocycles. The number of benzene rings is 1. The van der Waals surface area contributed by atoms with E-state index in [4.69, 9.17) is 9.15 Å². The molecule has 2 saturated carbocycles. The topological polar surface area (TPSA) is 115 Å². The van der Waals surface area contributed by atoms with Gasteiger partial charge in [-0.15, -0.1) is 0 Å². The summed E-state index contributed by atoms with van der Waals surface area (Å²) in [5.41, 5.74) is -0.130. The van der Waals surface area contributed by atoms with Crippen LogP contribution in [0.1, 0.15) is 17.9 Å². The van der Waals surface area contributed by atoms with Crippen LogP contribution >= 0.6 is 0 Å². The van der Waals surface area contributed by atoms with Gasteiger partial charge >= 0.3 is 5.69 Å². The van der Waals surface area contributed by atoms with Gasteiger partial charge in [-0.2, -0.15) is 10.1 Å². The van der Waals surface area contributed by atoms with Gasteiger partial charge < -0.3 is 9.15 Å². The Hall–Kier alpha value is -3.75. The van der Waals surface area contributed by atoms with E-state index in [9.17, 15) is 19.7 Å². The Morgan fingerprint density at radius 2 is 1.78 bits per heavy atom. The Morgan fingerprint density at radius 3 is 2.47 bits per heavy atom. The molecule has 7 rings (SSSR count). The molecule has 162 valence electrons. The van der Waals surface area contributed by atoms with Crippen molar-refractivity contribution in [1.82, 2.24) is 5.01 Å². The second-order valence-corrected chi connectivity index (χ2v) is 8.71. The van der Waals surface area contributed by atoms with Crippen LogP contribution in [0, 0.1) is 45.6 Å². The van der Waals surface area contributed by atoms with Crippen molar-refractivity contribution in [3.8, 4) is 5.75 Å². The fourth-order valence-corrected chi connectivity index (χ4v) is 5.59. The van der Waals surface area contributed by atoms with E-state index in [-0.39, 0.29) is 53.5 Å². The number of furan rings is 1. The summed E-state index contributed by atoms with van der Waals surface area (Å²) in [6.45, 7) is -0.0117. The van der Waals surface area contributed by atoms with Gasteiger partial charge in [-0.3, -0.25) is 19.7 Å². The maximum Gasteiger partial charge on any atom is 0.310 e. The summed E-state index contributed by atoms with van der Waals surface area (Å²) >= 11 is 0. The number of para-hydroxylation sites is 2. The van der Waals surface area contributed by atoms with Crippen LogP contribution in [0.2, 0.25) is 0 Å². The molecule has 0 unspecified atom stereocenters. The predicted molar refractivity (Wildman–Crippen MR) is 110 cm³/mol. The Kier molecular flexibility index (Phi) is 4.08. The van der Waals surface area contributed by atoms with Crippen molar-refractivity contribution in [1.29, 1.82) is 0 Å². The number of hydrogen-bond donors (Lipinski definition) is 0. The molecular formula is C23H19N3O6. The molecule has 0 radical (unpaired) electrons. The summed E-state index contributed by atoms with van der Waals surface area (Å²) in [6, 6.07) is 9.38. The third-order valence-corrected chi connectivity index (χ3v) is 7.05. The van der Waals surface area contributed by atoms with Gasteiger partial charge in [0.05, 0.1) is 23.0 Å². The van der Waals surface area contributed by atoms with Gasteiger partial charge in [-0.05, 0) is 48.3 Å². The molecule has 1 aromatic heterocycles. The first-order valence-electron chi connectivity index (χ1n) is 10.6. The van der Waals surface area contributed by atoms with Crippen molar-refractivity contribution in [2.24, 2.45) is 40.6 Å². The van der Waals surface area contributed by atoms with Crippen LogP contribution in [0.15, 0.2) is 58.1 Å². The van der Waals surface area contributed by atoms with Crippen molar-refractivity contribution in [3.05, 3.63) is 70.2 Å². The van der Waals surface area contributed by atoms with Crippen molar-refractivity contribution in [2.45, 2.75) is 13.0 Å². The van der Waals surface area contributed by atoms with E-state index in [1.54, 1.807) is 24.3 Å². The van der Waals surface area contributed by atoms with E-state index < -0.39 is 4.92 Å². The van der Waals surface area contributed by atoms with Crippen LogP contribution in [-0.4, -0.2) is 28.0 Å². The molecule has 2 amide bonds. The van der Waals surface area contributed by atoms with Crippen molar-refractivity contribution in [2.75, 3.05) is 0 Å². The summed E-state index contributed by atoms with van der Waals surface area (Å²) in [7, 11) is 0. The molecule has 6 atom stereocenters. The number of imide groups is 1. The number of hydrogen-bond acceptors (Lipinski definition) is 7. The minimum atomic E-state index is -0.511. The number of nitro groups is 1. The fourth-order valence-electron chi connectivity index (χ4n) is 5.59. The Morgan fingerprint density at radius 1 is 1.09 bits per heavy atom. The standard InChI is InChI=1S/C23H19N3O6/c27-22-20-14-7-8-15(17-9-16(14)17)21(20)23(28)25(22)24-10-12-5-6-13(32-12)11-31-19-4-2-1-3-18(19)26(29)30/h1-8,10,14-17,20-21H,9,11H2/b24-10-/t14-,15-,16-,17-,20-,21+/m1/s1. The second kappa shape index (κ2) is 6.88. The number of hydrazone groups is 1. The average Bonchev–Trinajstić information content (AvgIpc) is 3.45. The third-order valence-electron chi connectivity index (χ3n) is 7.05. The fraction of sp³-hybridized carbons (Fsp3) is 0.348. The van der Waals surface area contributed by atoms with Crippen LogP contribution in [0.4, 0.5) is 5.69 Å². The first-order chi connectivity index (χ1) is 15.5. The summed E-state index contributed by atoms with van der Waals surface area (Å²) < 4.78 is 11.1. The average molecular weight is 433 g/mol. The number of rotatable bonds is 6. The van der Waals surface area contributed by atoms with Gasteiger partial charge in [0, 0.05) is 6.07 Å². The van der Waals surface area contributed by atoms with Gasteiger partial charge in [0.1, 0.15) is 18.1 Å². The number of nitro benzene ring substituents is 1. The summed E-state index contributed by atoms with van der Waals surface area (Å²) in [5.74, 6) is 1.27. The maximum atomic E-state index is 12.9. The van der Waals surface area contributed by atoms with Crippen molar-refractivity contribution in [3.63, 3.8) is 0 Å². The number of amides is 2. The first-order valence-corrected chi connectivity index (χ1v) is 10.6. The highest BCUT2D eigenvalue weighted by Crippen LogP contribution is 2.65. The van der Waals surface area contributed by atoms with Crippen LogP contribution in [0.3, 0.4) is 0 Å². The molecule has 0 N–H and O–H groups in total. The van der Waals surface area contributed by atoms with Gasteiger partial charge in [0.15, 0.2) is 5.75 Å². The number of allylic oxidation sites excluding steroid dienone is 2. The zero-order chi connectivity index (χ0) is 22.0. The Bertz CT molecular complexity index is 1160. The SMILES string of the molecule is O=C1[C@@H]2[C@@H]3C=C[C@H]([C@H]4C[C@H]34)[C@@H]2C(=O)N1/N=C\c1ccc(COc2ccccc2[N+](=O)[O-])o1. The maximum absolute atomic E-state index is 12.9. The van der Waals surface area contributed by atoms with Crippen molar-refractivity contribution >= 4 is 23.7 Å². The van der Waals surface area contributed by atoms with Gasteiger partial charge in [0.25, 0.3) is 11.8 Å². The molecule has 5 aliphatic rings. The largest absolute Gasteiger partial charge is 0.479 e. The lowest BCUT2D eigenvalue weighted by Crippen LogP contribution is -2.40. The Balaban J connectivity index is 1.14. The molecule has 0 spiro atoms. The van der Waals surface area contributed by atoms with E-state index in [1.807, 2.05) is 0 Å². The summed E-state index contributed by atoms with van der Waals surface area (Å²) in [6.07, 6.45) is 6.70. The zero-order valence-electron chi connectivity index (χ0n) is 16.9. The van der Waals surface area contributed by atoms with E-state index >= 15 is 0 Å². The van der Waals surface area contributed by atoms with Gasteiger partial charge in [-0.25, -0.2) is 0 Å². The number of carbonyl (C=O) groups excluding carboxylic acids is 2. The molecule has 9 heteroatoms. The van der Waals surface area contributed by atoms with E-state index in [0.717, 1.165) is 11.4 Å². The molecule has 1 aliphatic heterocycles. The summed E-state index contributed by atoms with van der Waals surface area (Å²) in [5, 5.41) is 16.2. The first kappa shape index (κ1) is 19.0.